The zero-order valence-corrected chi connectivity index (χ0v) is 24.9. The van der Waals surface area contributed by atoms with E-state index in [1.807, 2.05) is 27.7 Å². The van der Waals surface area contributed by atoms with Gasteiger partial charge in [-0.25, -0.2) is 23.3 Å². The van der Waals surface area contributed by atoms with Gasteiger partial charge in [0, 0.05) is 49.9 Å². The maximum absolute atomic E-state index is 14.1. The summed E-state index contributed by atoms with van der Waals surface area (Å²) in [6.45, 7) is 11.8. The Hall–Kier alpha value is -2.63. The van der Waals surface area contributed by atoms with Crippen LogP contribution in [0.1, 0.15) is 63.7 Å². The summed E-state index contributed by atoms with van der Waals surface area (Å²) in [5.74, 6) is 2.45. The molecule has 1 aromatic heterocycles. The quantitative estimate of drug-likeness (QED) is 0.371. The van der Waals surface area contributed by atoms with Crippen molar-refractivity contribution in [1.82, 2.24) is 24.9 Å². The molecule has 1 amide bonds. The second-order valence-corrected chi connectivity index (χ2v) is 12.5. The minimum absolute atomic E-state index is 0.0272. The van der Waals surface area contributed by atoms with Crippen LogP contribution in [0.3, 0.4) is 0 Å². The van der Waals surface area contributed by atoms with Crippen LogP contribution in [0, 0.1) is 17.7 Å². The lowest BCUT2D eigenvalue weighted by molar-refractivity contribution is 0.0713. The van der Waals surface area contributed by atoms with Gasteiger partial charge < -0.3 is 19.9 Å². The number of nitrogens with zero attached hydrogens (tertiary/aromatic N) is 4. The summed E-state index contributed by atoms with van der Waals surface area (Å²) in [6, 6.07) is 4.36. The third-order valence-corrected chi connectivity index (χ3v) is 8.93. The van der Waals surface area contributed by atoms with Gasteiger partial charge in [0.25, 0.3) is 5.91 Å². The van der Waals surface area contributed by atoms with E-state index in [9.17, 15) is 13.4 Å². The van der Waals surface area contributed by atoms with Crippen molar-refractivity contribution < 1.29 is 18.1 Å². The number of amides is 1. The Morgan fingerprint density at radius 3 is 2.55 bits per heavy atom. The lowest BCUT2D eigenvalue weighted by Gasteiger charge is -2.41. The van der Waals surface area contributed by atoms with E-state index in [-0.39, 0.29) is 23.3 Å². The summed E-state index contributed by atoms with van der Waals surface area (Å²) >= 11 is 0. The van der Waals surface area contributed by atoms with E-state index in [4.69, 9.17) is 4.74 Å². The van der Waals surface area contributed by atoms with Crippen molar-refractivity contribution in [1.29, 1.82) is 0 Å². The highest BCUT2D eigenvalue weighted by Crippen LogP contribution is 2.35. The molecule has 11 heteroatoms. The summed E-state index contributed by atoms with van der Waals surface area (Å²) in [4.78, 5) is 25.6. The number of hydrogen-bond acceptors (Lipinski definition) is 7. The average Bonchev–Trinajstić information content (AvgIpc) is 2.92. The summed E-state index contributed by atoms with van der Waals surface area (Å²) in [5.41, 5.74) is 0.180. The minimum atomic E-state index is -0.903. The number of rotatable bonds is 13. The van der Waals surface area contributed by atoms with Crippen LogP contribution in [0.25, 0.3) is 0 Å². The van der Waals surface area contributed by atoms with Gasteiger partial charge in [-0.3, -0.25) is 4.79 Å². The van der Waals surface area contributed by atoms with E-state index < -0.39 is 16.8 Å². The van der Waals surface area contributed by atoms with Gasteiger partial charge >= 0.3 is 0 Å². The molecule has 2 fully saturated rings. The molecule has 2 aliphatic rings. The Kier molecular flexibility index (Phi) is 10.9. The number of carbonyl (C=O) groups is 1. The predicted molar refractivity (Wildman–Crippen MR) is 156 cm³/mol. The van der Waals surface area contributed by atoms with Gasteiger partial charge in [-0.2, -0.15) is 0 Å². The van der Waals surface area contributed by atoms with Gasteiger partial charge in [-0.15, -0.1) is 0 Å². The topological polar surface area (TPSA) is 99.7 Å². The van der Waals surface area contributed by atoms with Crippen LogP contribution in [-0.2, 0) is 11.0 Å². The molecule has 1 saturated carbocycles. The number of halogens is 1. The third-order valence-electron chi connectivity index (χ3n) is 7.81. The highest BCUT2D eigenvalue weighted by atomic mass is 32.2. The minimum Gasteiger partial charge on any atom is -0.451 e. The first kappa shape index (κ1) is 30.3. The third kappa shape index (κ3) is 7.76. The van der Waals surface area contributed by atoms with Gasteiger partial charge in [0.05, 0.1) is 22.7 Å². The van der Waals surface area contributed by atoms with Gasteiger partial charge in [-0.05, 0) is 77.1 Å². The number of aromatic nitrogens is 2. The Bertz CT molecular complexity index is 1150. The van der Waals surface area contributed by atoms with Crippen molar-refractivity contribution in [2.75, 3.05) is 43.4 Å². The molecular formula is C29H43FN6O3S. The van der Waals surface area contributed by atoms with E-state index in [1.165, 1.54) is 24.5 Å². The molecule has 1 aromatic carbocycles. The largest absolute Gasteiger partial charge is 0.451 e. The molecule has 4 rings (SSSR count). The van der Waals surface area contributed by atoms with Crippen molar-refractivity contribution in [3.63, 3.8) is 0 Å². The van der Waals surface area contributed by atoms with E-state index >= 15 is 0 Å². The molecule has 9 nitrogen and oxygen atoms in total. The fraction of sp³-hybridized carbons (Fsp3) is 0.621. The molecule has 2 heterocycles. The molecule has 1 aliphatic heterocycles. The zero-order chi connectivity index (χ0) is 28.6. The summed E-state index contributed by atoms with van der Waals surface area (Å²) in [6.07, 6.45) is 7.56. The average molecular weight is 575 g/mol. The summed E-state index contributed by atoms with van der Waals surface area (Å²) < 4.78 is 35.3. The van der Waals surface area contributed by atoms with E-state index in [2.05, 4.69) is 24.9 Å². The van der Waals surface area contributed by atoms with Crippen molar-refractivity contribution in [2.45, 2.75) is 65.5 Å². The summed E-state index contributed by atoms with van der Waals surface area (Å²) in [5, 5.41) is 3.65. The second kappa shape index (κ2) is 14.3. The highest BCUT2D eigenvalue weighted by molar-refractivity contribution is 7.82. The van der Waals surface area contributed by atoms with Crippen LogP contribution in [0.4, 0.5) is 10.2 Å². The Balaban J connectivity index is 1.29. The first-order valence-corrected chi connectivity index (χ1v) is 15.8. The molecule has 0 spiro atoms. The molecular weight excluding hydrogens is 531 g/mol. The first-order chi connectivity index (χ1) is 19.3. The monoisotopic (exact) mass is 574 g/mol. The van der Waals surface area contributed by atoms with Crippen LogP contribution in [0.15, 0.2) is 30.7 Å². The SMILES string of the molecule is CCN(C(=O)c1cc(F)ccc1Oc1cncnc1N1CC(CNCC2CCC(NS(=O)CC)CC2)C1)C(C)C. The molecule has 2 N–H and O–H groups in total. The second-order valence-electron chi connectivity index (χ2n) is 11.0. The Morgan fingerprint density at radius 1 is 1.15 bits per heavy atom. The van der Waals surface area contributed by atoms with Gasteiger partial charge in [0.2, 0.25) is 0 Å². The lowest BCUT2D eigenvalue weighted by Crippen LogP contribution is -2.51. The molecule has 1 saturated heterocycles. The van der Waals surface area contributed by atoms with E-state index in [0.717, 1.165) is 51.9 Å². The van der Waals surface area contributed by atoms with Crippen LogP contribution in [-0.4, -0.2) is 75.5 Å². The van der Waals surface area contributed by atoms with Crippen LogP contribution in [0.2, 0.25) is 0 Å². The Morgan fingerprint density at radius 2 is 1.88 bits per heavy atom. The molecule has 220 valence electrons. The fourth-order valence-electron chi connectivity index (χ4n) is 5.51. The van der Waals surface area contributed by atoms with Crippen LogP contribution in [0.5, 0.6) is 11.5 Å². The molecule has 40 heavy (non-hydrogen) atoms. The number of ether oxygens (including phenoxy) is 1. The number of hydrogen-bond donors (Lipinski definition) is 2. The van der Waals surface area contributed by atoms with E-state index in [0.29, 0.717) is 41.7 Å². The maximum Gasteiger partial charge on any atom is 0.257 e. The van der Waals surface area contributed by atoms with Gasteiger partial charge in [0.1, 0.15) is 17.9 Å². The molecule has 1 atom stereocenters. The van der Waals surface area contributed by atoms with Crippen molar-refractivity contribution in [3.05, 3.63) is 42.1 Å². The standard InChI is InChI=1S/C29H43FN6O3S/c1-5-36(20(3)4)29(37)25-13-23(30)9-12-26(25)39-27-16-32-19-33-28(27)35-17-22(18-35)15-31-14-21-7-10-24(11-8-21)34-40(38)6-2/h9,12-13,16,19-22,24,31,34H,5-8,10-11,14-15,17-18H2,1-4H3. The number of carbonyl (C=O) groups excluding carboxylic acids is 1. The van der Waals surface area contributed by atoms with Gasteiger partial charge in [-0.1, -0.05) is 6.92 Å². The Labute approximate surface area is 239 Å². The van der Waals surface area contributed by atoms with E-state index in [1.54, 1.807) is 11.1 Å². The first-order valence-electron chi connectivity index (χ1n) is 14.5. The summed E-state index contributed by atoms with van der Waals surface area (Å²) in [7, 11) is -0.903. The van der Waals surface area contributed by atoms with Crippen molar-refractivity contribution in [3.8, 4) is 11.5 Å². The smallest absolute Gasteiger partial charge is 0.257 e. The molecule has 1 unspecified atom stereocenters. The molecule has 2 aromatic rings. The van der Waals surface area contributed by atoms with Crippen molar-refractivity contribution in [2.24, 2.45) is 11.8 Å². The van der Waals surface area contributed by atoms with Crippen LogP contribution >= 0.6 is 0 Å². The number of benzene rings is 1. The van der Waals surface area contributed by atoms with Crippen LogP contribution < -0.4 is 19.7 Å². The predicted octanol–water partition coefficient (Wildman–Crippen LogP) is 4.14. The lowest BCUT2D eigenvalue weighted by atomic mass is 9.86. The normalized spacial score (nSPS) is 20.3. The molecule has 0 radical (unpaired) electrons. The fourth-order valence-corrected chi connectivity index (χ4v) is 6.29. The highest BCUT2D eigenvalue weighted by Gasteiger charge is 2.31. The maximum atomic E-state index is 14.1. The molecule has 0 bridgehead atoms. The zero-order valence-electron chi connectivity index (χ0n) is 24.1. The number of nitrogens with one attached hydrogen (secondary N) is 2. The number of anilines is 1. The van der Waals surface area contributed by atoms with Crippen molar-refractivity contribution >= 4 is 22.7 Å². The van der Waals surface area contributed by atoms with Gasteiger partial charge in [0.15, 0.2) is 11.6 Å². The molecule has 1 aliphatic carbocycles.